The van der Waals surface area contributed by atoms with Gasteiger partial charge < -0.3 is 14.0 Å². The molecule has 2 rings (SSSR count). The van der Waals surface area contributed by atoms with Gasteiger partial charge in [-0.25, -0.2) is 0 Å². The molecule has 5 heteroatoms. The zero-order valence-electron chi connectivity index (χ0n) is 15.8. The van der Waals surface area contributed by atoms with Crippen LogP contribution in [0, 0.1) is 0 Å². The summed E-state index contributed by atoms with van der Waals surface area (Å²) in [7, 11) is -0.363. The summed E-state index contributed by atoms with van der Waals surface area (Å²) in [5, 5.41) is 0. The van der Waals surface area contributed by atoms with Gasteiger partial charge in [0.05, 0.1) is 11.2 Å². The molecule has 0 amide bonds. The summed E-state index contributed by atoms with van der Waals surface area (Å²) in [6.07, 6.45) is 2.08. The van der Waals surface area contributed by atoms with E-state index < -0.39 is 0 Å². The first-order valence-corrected chi connectivity index (χ1v) is 9.03. The highest BCUT2D eigenvalue weighted by atomic mass is 32.1. The highest BCUT2D eigenvalue weighted by Crippen LogP contribution is 2.39. The quantitative estimate of drug-likeness (QED) is 0.625. The van der Waals surface area contributed by atoms with Crippen LogP contribution in [0.15, 0.2) is 29.7 Å². The third kappa shape index (κ3) is 4.59. The lowest BCUT2D eigenvalue weighted by Crippen LogP contribution is -2.41. The maximum atomic E-state index is 6.11. The molecule has 1 fully saturated rings. The van der Waals surface area contributed by atoms with Crippen molar-refractivity contribution >= 4 is 25.8 Å². The van der Waals surface area contributed by atoms with E-state index in [4.69, 9.17) is 14.0 Å². The summed E-state index contributed by atoms with van der Waals surface area (Å²) in [6, 6.07) is 8.04. The fourth-order valence-corrected chi connectivity index (χ4v) is 2.62. The first kappa shape index (κ1) is 19.4. The second-order valence-electron chi connectivity index (χ2n) is 8.25. The van der Waals surface area contributed by atoms with Gasteiger partial charge in [-0.15, -0.1) is 0 Å². The number of benzene rings is 1. The van der Waals surface area contributed by atoms with Crippen molar-refractivity contribution in [2.24, 2.45) is 0 Å². The molecule has 0 N–H and O–H groups in total. The van der Waals surface area contributed by atoms with E-state index in [-0.39, 0.29) is 23.9 Å². The molecule has 0 radical (unpaired) electrons. The molecule has 0 bridgehead atoms. The maximum Gasteiger partial charge on any atom is 0.491 e. The number of rotatable bonds is 4. The van der Waals surface area contributed by atoms with Gasteiger partial charge >= 0.3 is 7.12 Å². The zero-order chi connectivity index (χ0) is 18.2. The fourth-order valence-electron chi connectivity index (χ4n) is 2.38. The van der Waals surface area contributed by atoms with Crippen molar-refractivity contribution < 1.29 is 14.0 Å². The van der Waals surface area contributed by atoms with Crippen molar-refractivity contribution in [2.75, 3.05) is 5.75 Å². The van der Waals surface area contributed by atoms with E-state index in [1.54, 1.807) is 0 Å². The van der Waals surface area contributed by atoms with Crippen molar-refractivity contribution in [2.45, 2.75) is 65.3 Å². The average molecular weight is 348 g/mol. The van der Waals surface area contributed by atoms with Crippen molar-refractivity contribution in [3.63, 3.8) is 0 Å². The Labute approximate surface area is 152 Å². The van der Waals surface area contributed by atoms with Gasteiger partial charge in [0.2, 0.25) is 0 Å². The van der Waals surface area contributed by atoms with Crippen molar-refractivity contribution in [1.82, 2.24) is 0 Å². The Kier molecular flexibility index (Phi) is 5.48. The molecule has 0 unspecified atom stereocenters. The summed E-state index contributed by atoms with van der Waals surface area (Å²) >= 11 is 4.46. The van der Waals surface area contributed by atoms with Crippen LogP contribution in [-0.4, -0.2) is 29.7 Å². The van der Waals surface area contributed by atoms with Crippen LogP contribution >= 0.6 is 12.6 Å². The van der Waals surface area contributed by atoms with Crippen LogP contribution < -0.4 is 4.74 Å². The van der Waals surface area contributed by atoms with Crippen LogP contribution in [0.5, 0.6) is 5.75 Å². The lowest BCUT2D eigenvalue weighted by Gasteiger charge is -2.32. The molecule has 1 aliphatic heterocycles. The van der Waals surface area contributed by atoms with Gasteiger partial charge in [0.1, 0.15) is 11.4 Å². The topological polar surface area (TPSA) is 27.7 Å². The Morgan fingerprint density at radius 2 is 1.58 bits per heavy atom. The van der Waals surface area contributed by atoms with E-state index in [2.05, 4.69) is 46.4 Å². The first-order chi connectivity index (χ1) is 10.9. The van der Waals surface area contributed by atoms with E-state index in [1.807, 2.05) is 45.0 Å². The van der Waals surface area contributed by atoms with Gasteiger partial charge in [-0.05, 0) is 71.6 Å². The molecule has 0 aromatic heterocycles. The van der Waals surface area contributed by atoms with Crippen LogP contribution in [0.2, 0.25) is 0 Å². The molecule has 3 nitrogen and oxygen atoms in total. The number of ether oxygens (including phenoxy) is 1. The second kappa shape index (κ2) is 6.78. The predicted octanol–water partition coefficient (Wildman–Crippen LogP) is 4.81. The standard InChI is InChI=1S/C19H29BO3S/c1-17(2,3)21-16-10-8-14(9-11-16)12-15(13-24)20-22-18(4,5)19(6,7)23-20/h8-12,24H,13H2,1-7H3. The average Bonchev–Trinajstić information content (AvgIpc) is 2.64. The van der Waals surface area contributed by atoms with E-state index in [9.17, 15) is 0 Å². The minimum Gasteiger partial charge on any atom is -0.488 e. The van der Waals surface area contributed by atoms with Crippen molar-refractivity contribution in [3.05, 3.63) is 35.3 Å². The summed E-state index contributed by atoms with van der Waals surface area (Å²) in [4.78, 5) is 0. The van der Waals surface area contributed by atoms with Crippen LogP contribution in [0.4, 0.5) is 0 Å². The molecule has 0 saturated carbocycles. The first-order valence-electron chi connectivity index (χ1n) is 8.40. The second-order valence-corrected chi connectivity index (χ2v) is 8.57. The molecule has 1 saturated heterocycles. The lowest BCUT2D eigenvalue weighted by molar-refractivity contribution is 0.00578. The SMILES string of the molecule is CC(C)(C)Oc1ccc(C=C(CS)B2OC(C)(C)C(C)(C)O2)cc1. The monoisotopic (exact) mass is 348 g/mol. The van der Waals surface area contributed by atoms with Gasteiger partial charge in [-0.1, -0.05) is 18.2 Å². The summed E-state index contributed by atoms with van der Waals surface area (Å²) in [6.45, 7) is 14.3. The molecule has 0 spiro atoms. The van der Waals surface area contributed by atoms with Crippen molar-refractivity contribution in [1.29, 1.82) is 0 Å². The molecule has 0 aliphatic carbocycles. The minimum absolute atomic E-state index is 0.198. The maximum absolute atomic E-state index is 6.11. The van der Waals surface area contributed by atoms with Gasteiger partial charge in [0.15, 0.2) is 0 Å². The third-order valence-corrected chi connectivity index (χ3v) is 4.76. The molecule has 132 valence electrons. The van der Waals surface area contributed by atoms with Crippen molar-refractivity contribution in [3.8, 4) is 5.75 Å². The Balaban J connectivity index is 2.17. The molecular weight excluding hydrogens is 319 g/mol. The van der Waals surface area contributed by atoms with Crippen LogP contribution in [0.3, 0.4) is 0 Å². The molecule has 1 aromatic rings. The summed E-state index contributed by atoms with van der Waals surface area (Å²) < 4.78 is 18.1. The zero-order valence-corrected chi connectivity index (χ0v) is 16.7. The van der Waals surface area contributed by atoms with Crippen LogP contribution in [0.25, 0.3) is 6.08 Å². The Morgan fingerprint density at radius 1 is 1.08 bits per heavy atom. The van der Waals surface area contributed by atoms with Gasteiger partial charge in [0, 0.05) is 5.75 Å². The van der Waals surface area contributed by atoms with Gasteiger partial charge in [-0.2, -0.15) is 12.6 Å². The van der Waals surface area contributed by atoms with E-state index >= 15 is 0 Å². The highest BCUT2D eigenvalue weighted by molar-refractivity contribution is 7.80. The van der Waals surface area contributed by atoms with Gasteiger partial charge in [0.25, 0.3) is 0 Å². The third-order valence-electron chi connectivity index (χ3n) is 4.39. The Morgan fingerprint density at radius 3 is 2.00 bits per heavy atom. The normalized spacial score (nSPS) is 20.3. The lowest BCUT2D eigenvalue weighted by atomic mass is 9.78. The Hall–Kier alpha value is -0.905. The van der Waals surface area contributed by atoms with E-state index in [1.165, 1.54) is 0 Å². The molecule has 1 aromatic carbocycles. The predicted molar refractivity (Wildman–Crippen MR) is 105 cm³/mol. The molecule has 1 heterocycles. The number of hydrogen-bond acceptors (Lipinski definition) is 4. The largest absolute Gasteiger partial charge is 0.491 e. The molecule has 0 atom stereocenters. The minimum atomic E-state index is -0.363. The van der Waals surface area contributed by atoms with Gasteiger partial charge in [-0.3, -0.25) is 0 Å². The van der Waals surface area contributed by atoms with E-state index in [0.29, 0.717) is 5.75 Å². The summed E-state index contributed by atoms with van der Waals surface area (Å²) in [5.74, 6) is 1.44. The highest BCUT2D eigenvalue weighted by Gasteiger charge is 2.52. The number of hydrogen-bond donors (Lipinski definition) is 1. The molecular formula is C19H29BO3S. The Bertz CT molecular complexity index is 584. The van der Waals surface area contributed by atoms with Crippen LogP contribution in [0.1, 0.15) is 54.0 Å². The summed E-state index contributed by atoms with van der Waals surface area (Å²) in [5.41, 5.74) is 1.21. The van der Waals surface area contributed by atoms with E-state index in [0.717, 1.165) is 16.8 Å². The van der Waals surface area contributed by atoms with Crippen LogP contribution in [-0.2, 0) is 9.31 Å². The fraction of sp³-hybridized carbons (Fsp3) is 0.579. The number of thiol groups is 1. The molecule has 1 aliphatic rings. The smallest absolute Gasteiger partial charge is 0.488 e. The molecule has 24 heavy (non-hydrogen) atoms.